The molecule has 0 radical (unpaired) electrons. The molecule has 20 heavy (non-hydrogen) atoms. The molecular formula is C18H25NS. The van der Waals surface area contributed by atoms with E-state index >= 15 is 0 Å². The smallest absolute Gasteiger partial charge is 0.0345 e. The van der Waals surface area contributed by atoms with Crippen LogP contribution >= 0.6 is 11.3 Å². The molecule has 0 bridgehead atoms. The molecule has 0 atom stereocenters. The Hall–Kier alpha value is -0.860. The monoisotopic (exact) mass is 287 g/mol. The lowest BCUT2D eigenvalue weighted by atomic mass is 9.77. The number of nitrogens with one attached hydrogen (secondary N) is 1. The Morgan fingerprint density at radius 3 is 2.65 bits per heavy atom. The molecule has 1 aliphatic rings. The predicted octanol–water partition coefficient (Wildman–Crippen LogP) is 5.00. The second-order valence-corrected chi connectivity index (χ2v) is 7.21. The maximum atomic E-state index is 3.76. The Labute approximate surface area is 126 Å². The van der Waals surface area contributed by atoms with Crippen molar-refractivity contribution in [2.75, 3.05) is 6.54 Å². The third-order valence-corrected chi connectivity index (χ3v) is 5.98. The SMILES string of the molecule is CCC(CC)(CNC1CC1)Cc1csc2ccccc12. The largest absolute Gasteiger partial charge is 0.313 e. The van der Waals surface area contributed by atoms with Crippen LogP contribution in [-0.2, 0) is 6.42 Å². The van der Waals surface area contributed by atoms with E-state index in [0.717, 1.165) is 6.04 Å². The molecule has 1 N–H and O–H groups in total. The number of thiophene rings is 1. The average Bonchev–Trinajstić information content (AvgIpc) is 3.25. The zero-order chi connectivity index (χ0) is 14.0. The Balaban J connectivity index is 1.80. The summed E-state index contributed by atoms with van der Waals surface area (Å²) in [5.41, 5.74) is 1.97. The van der Waals surface area contributed by atoms with Gasteiger partial charge in [0.1, 0.15) is 0 Å². The van der Waals surface area contributed by atoms with E-state index in [2.05, 4.69) is 48.8 Å². The number of hydrogen-bond donors (Lipinski definition) is 1. The van der Waals surface area contributed by atoms with E-state index in [1.807, 2.05) is 11.3 Å². The summed E-state index contributed by atoms with van der Waals surface area (Å²) in [4.78, 5) is 0. The first kappa shape index (κ1) is 14.1. The first-order chi connectivity index (χ1) is 9.76. The van der Waals surface area contributed by atoms with Crippen LogP contribution in [0.15, 0.2) is 29.6 Å². The van der Waals surface area contributed by atoms with Gasteiger partial charge in [-0.15, -0.1) is 11.3 Å². The average molecular weight is 287 g/mol. The van der Waals surface area contributed by atoms with Crippen molar-refractivity contribution in [1.82, 2.24) is 5.32 Å². The van der Waals surface area contributed by atoms with Gasteiger partial charge in [0, 0.05) is 17.3 Å². The first-order valence-corrected chi connectivity index (χ1v) is 8.83. The van der Waals surface area contributed by atoms with Crippen LogP contribution in [0.3, 0.4) is 0 Å². The Bertz CT molecular complexity index is 564. The van der Waals surface area contributed by atoms with Crippen LogP contribution in [0, 0.1) is 5.41 Å². The van der Waals surface area contributed by atoms with Crippen LogP contribution in [0.5, 0.6) is 0 Å². The lowest BCUT2D eigenvalue weighted by molar-refractivity contribution is 0.246. The molecule has 0 saturated heterocycles. The standard InChI is InChI=1S/C18H25NS/c1-3-18(4-2,13-19-15-9-10-15)11-14-12-20-17-8-6-5-7-16(14)17/h5-8,12,15,19H,3-4,9-11,13H2,1-2H3. The van der Waals surface area contributed by atoms with Crippen molar-refractivity contribution >= 4 is 21.4 Å². The third kappa shape index (κ3) is 2.91. The van der Waals surface area contributed by atoms with Gasteiger partial charge in [-0.2, -0.15) is 0 Å². The highest BCUT2D eigenvalue weighted by Gasteiger charge is 2.30. The van der Waals surface area contributed by atoms with Gasteiger partial charge in [-0.3, -0.25) is 0 Å². The molecule has 3 rings (SSSR count). The zero-order valence-electron chi connectivity index (χ0n) is 12.6. The van der Waals surface area contributed by atoms with Crippen LogP contribution in [0.1, 0.15) is 45.1 Å². The van der Waals surface area contributed by atoms with Gasteiger partial charge in [-0.05, 0) is 59.9 Å². The second kappa shape index (κ2) is 5.87. The van der Waals surface area contributed by atoms with Crippen LogP contribution in [-0.4, -0.2) is 12.6 Å². The van der Waals surface area contributed by atoms with E-state index in [9.17, 15) is 0 Å². The number of fused-ring (bicyclic) bond motifs is 1. The van der Waals surface area contributed by atoms with Gasteiger partial charge in [-0.1, -0.05) is 32.0 Å². The van der Waals surface area contributed by atoms with Gasteiger partial charge >= 0.3 is 0 Å². The molecule has 1 aromatic heterocycles. The highest BCUT2D eigenvalue weighted by molar-refractivity contribution is 7.17. The molecule has 1 fully saturated rings. The van der Waals surface area contributed by atoms with E-state index in [1.165, 1.54) is 48.7 Å². The predicted molar refractivity (Wildman–Crippen MR) is 89.6 cm³/mol. The summed E-state index contributed by atoms with van der Waals surface area (Å²) in [6, 6.07) is 9.65. The van der Waals surface area contributed by atoms with Crippen molar-refractivity contribution in [3.8, 4) is 0 Å². The van der Waals surface area contributed by atoms with E-state index in [-0.39, 0.29) is 0 Å². The second-order valence-electron chi connectivity index (χ2n) is 6.30. The summed E-state index contributed by atoms with van der Waals surface area (Å²) in [7, 11) is 0. The molecule has 1 nitrogen and oxygen atoms in total. The Morgan fingerprint density at radius 2 is 1.95 bits per heavy atom. The molecule has 1 heterocycles. The van der Waals surface area contributed by atoms with Crippen molar-refractivity contribution in [3.63, 3.8) is 0 Å². The van der Waals surface area contributed by atoms with Crippen LogP contribution in [0.2, 0.25) is 0 Å². The minimum absolute atomic E-state index is 0.423. The number of rotatable bonds is 7. The summed E-state index contributed by atoms with van der Waals surface area (Å²) in [5.74, 6) is 0. The summed E-state index contributed by atoms with van der Waals surface area (Å²) in [6.07, 6.45) is 6.49. The number of benzene rings is 1. The highest BCUT2D eigenvalue weighted by atomic mass is 32.1. The molecule has 1 saturated carbocycles. The van der Waals surface area contributed by atoms with Crippen LogP contribution < -0.4 is 5.32 Å². The third-order valence-electron chi connectivity index (χ3n) is 4.97. The maximum absolute atomic E-state index is 3.76. The molecule has 1 aliphatic carbocycles. The van der Waals surface area contributed by atoms with Gasteiger partial charge in [0.2, 0.25) is 0 Å². The summed E-state index contributed by atoms with van der Waals surface area (Å²) >= 11 is 1.89. The lowest BCUT2D eigenvalue weighted by Gasteiger charge is -2.32. The van der Waals surface area contributed by atoms with Crippen LogP contribution in [0.4, 0.5) is 0 Å². The highest BCUT2D eigenvalue weighted by Crippen LogP contribution is 2.36. The topological polar surface area (TPSA) is 12.0 Å². The fourth-order valence-electron chi connectivity index (χ4n) is 3.03. The molecule has 1 aromatic carbocycles. The maximum Gasteiger partial charge on any atom is 0.0345 e. The van der Waals surface area contributed by atoms with Gasteiger partial charge in [-0.25, -0.2) is 0 Å². The minimum Gasteiger partial charge on any atom is -0.313 e. The molecule has 0 unspecified atom stereocenters. The fraction of sp³-hybridized carbons (Fsp3) is 0.556. The van der Waals surface area contributed by atoms with Crippen molar-refractivity contribution in [3.05, 3.63) is 35.2 Å². The molecule has 0 aliphatic heterocycles. The number of hydrogen-bond acceptors (Lipinski definition) is 2. The van der Waals surface area contributed by atoms with E-state index in [0.29, 0.717) is 5.41 Å². The fourth-order valence-corrected chi connectivity index (χ4v) is 4.00. The summed E-state index contributed by atoms with van der Waals surface area (Å²) < 4.78 is 1.43. The van der Waals surface area contributed by atoms with E-state index < -0.39 is 0 Å². The molecule has 2 aromatic rings. The van der Waals surface area contributed by atoms with Crippen molar-refractivity contribution in [2.45, 2.75) is 52.0 Å². The van der Waals surface area contributed by atoms with Crippen molar-refractivity contribution in [2.24, 2.45) is 5.41 Å². The molecule has 0 amide bonds. The molecular weight excluding hydrogens is 262 g/mol. The summed E-state index contributed by atoms with van der Waals surface area (Å²) in [5, 5.41) is 7.61. The van der Waals surface area contributed by atoms with Gasteiger partial charge < -0.3 is 5.32 Å². The van der Waals surface area contributed by atoms with Gasteiger partial charge in [0.05, 0.1) is 0 Å². The van der Waals surface area contributed by atoms with Crippen molar-refractivity contribution < 1.29 is 0 Å². The summed E-state index contributed by atoms with van der Waals surface area (Å²) in [6.45, 7) is 5.88. The zero-order valence-corrected chi connectivity index (χ0v) is 13.4. The van der Waals surface area contributed by atoms with Crippen LogP contribution in [0.25, 0.3) is 10.1 Å². The quantitative estimate of drug-likeness (QED) is 0.755. The first-order valence-electron chi connectivity index (χ1n) is 7.95. The van der Waals surface area contributed by atoms with Gasteiger partial charge in [0.25, 0.3) is 0 Å². The normalized spacial score (nSPS) is 15.9. The lowest BCUT2D eigenvalue weighted by Crippen LogP contribution is -2.36. The Morgan fingerprint density at radius 1 is 1.20 bits per heavy atom. The minimum atomic E-state index is 0.423. The molecule has 0 spiro atoms. The molecule has 108 valence electrons. The van der Waals surface area contributed by atoms with E-state index in [4.69, 9.17) is 0 Å². The van der Waals surface area contributed by atoms with E-state index in [1.54, 1.807) is 5.56 Å². The Kier molecular flexibility index (Phi) is 4.13. The van der Waals surface area contributed by atoms with Crippen molar-refractivity contribution in [1.29, 1.82) is 0 Å². The van der Waals surface area contributed by atoms with Gasteiger partial charge in [0.15, 0.2) is 0 Å². The molecule has 2 heteroatoms.